The molecule has 0 saturated heterocycles. The number of fused-ring (bicyclic) bond motifs is 1. The van der Waals surface area contributed by atoms with Gasteiger partial charge in [-0.3, -0.25) is 14.2 Å². The van der Waals surface area contributed by atoms with Crippen molar-refractivity contribution < 1.29 is 4.79 Å². The maximum absolute atomic E-state index is 12.2. The normalized spacial score (nSPS) is 11.1. The Labute approximate surface area is 112 Å². The maximum Gasteiger partial charge on any atom is 0.262 e. The number of thiophene rings is 1. The van der Waals surface area contributed by atoms with Crippen molar-refractivity contribution in [2.24, 2.45) is 12.8 Å². The molecule has 5 nitrogen and oxygen atoms in total. The quantitative estimate of drug-likeness (QED) is 0.678. The minimum atomic E-state index is -0.423. The Morgan fingerprint density at radius 3 is 2.78 bits per heavy atom. The van der Waals surface area contributed by atoms with Gasteiger partial charge in [0.05, 0.1) is 11.1 Å². The van der Waals surface area contributed by atoms with E-state index in [0.717, 1.165) is 15.3 Å². The van der Waals surface area contributed by atoms with Crippen molar-refractivity contribution in [2.45, 2.75) is 19.0 Å². The molecule has 96 valence electrons. The summed E-state index contributed by atoms with van der Waals surface area (Å²) < 4.78 is 1.47. The zero-order valence-corrected chi connectivity index (χ0v) is 11.9. The number of nitrogens with zero attached hydrogens (tertiary/aromatic N) is 2. The number of aromatic nitrogens is 2. The number of carbonyl (C=O) groups is 1. The lowest BCUT2D eigenvalue weighted by Crippen LogP contribution is -2.21. The minimum Gasteiger partial charge on any atom is -0.369 e. The number of rotatable bonds is 3. The molecule has 0 aliphatic rings. The molecule has 2 aromatic rings. The van der Waals surface area contributed by atoms with Gasteiger partial charge in [0.2, 0.25) is 5.91 Å². The highest BCUT2D eigenvalue weighted by atomic mass is 32.2. The second kappa shape index (κ2) is 4.74. The van der Waals surface area contributed by atoms with Crippen LogP contribution in [0.3, 0.4) is 0 Å². The van der Waals surface area contributed by atoms with Gasteiger partial charge in [-0.05, 0) is 19.4 Å². The fourth-order valence-corrected chi connectivity index (χ4v) is 3.40. The first kappa shape index (κ1) is 13.1. The Bertz CT molecular complexity index is 688. The second-order valence-electron chi connectivity index (χ2n) is 3.98. The molecule has 1 amide bonds. The number of amides is 1. The second-order valence-corrected chi connectivity index (χ2v) is 6.12. The van der Waals surface area contributed by atoms with Crippen LogP contribution in [0.4, 0.5) is 0 Å². The van der Waals surface area contributed by atoms with E-state index in [4.69, 9.17) is 5.73 Å². The highest BCUT2D eigenvalue weighted by Gasteiger charge is 2.15. The Morgan fingerprint density at radius 1 is 1.50 bits per heavy atom. The molecule has 0 atom stereocenters. The van der Waals surface area contributed by atoms with E-state index < -0.39 is 5.91 Å². The third-order valence-corrected chi connectivity index (χ3v) is 4.87. The zero-order chi connectivity index (χ0) is 13.4. The molecule has 0 saturated carbocycles. The third kappa shape index (κ3) is 2.15. The van der Waals surface area contributed by atoms with Crippen LogP contribution in [0.5, 0.6) is 0 Å². The van der Waals surface area contributed by atoms with Crippen molar-refractivity contribution >= 4 is 39.2 Å². The van der Waals surface area contributed by atoms with Crippen molar-refractivity contribution in [3.63, 3.8) is 0 Å². The van der Waals surface area contributed by atoms with Gasteiger partial charge in [0, 0.05) is 11.9 Å². The van der Waals surface area contributed by atoms with Crippen molar-refractivity contribution in [1.29, 1.82) is 0 Å². The van der Waals surface area contributed by atoms with E-state index in [1.54, 1.807) is 7.05 Å². The summed E-state index contributed by atoms with van der Waals surface area (Å²) in [6.45, 7) is 3.89. The molecule has 0 aliphatic heterocycles. The van der Waals surface area contributed by atoms with Gasteiger partial charge in [0.1, 0.15) is 4.83 Å². The van der Waals surface area contributed by atoms with Crippen LogP contribution in [-0.2, 0) is 11.8 Å². The first-order chi connectivity index (χ1) is 8.41. The fourth-order valence-electron chi connectivity index (χ4n) is 1.62. The van der Waals surface area contributed by atoms with E-state index >= 15 is 0 Å². The molecule has 7 heteroatoms. The van der Waals surface area contributed by atoms with E-state index in [0.29, 0.717) is 10.5 Å². The van der Waals surface area contributed by atoms with Crippen LogP contribution in [-0.4, -0.2) is 21.2 Å². The summed E-state index contributed by atoms with van der Waals surface area (Å²) in [7, 11) is 1.66. The standard InChI is InChI=1S/C11H13N3O2S2/c1-5-6(2)18-9-8(5)10(16)14(3)11(13-9)17-4-7(12)15/h4H2,1-3H3,(H2,12,15). The number of aryl methyl sites for hydroxylation is 2. The number of hydrogen-bond acceptors (Lipinski definition) is 5. The summed E-state index contributed by atoms with van der Waals surface area (Å²) in [6.07, 6.45) is 0. The van der Waals surface area contributed by atoms with E-state index in [-0.39, 0.29) is 11.3 Å². The molecular weight excluding hydrogens is 270 g/mol. The highest BCUT2D eigenvalue weighted by Crippen LogP contribution is 2.27. The lowest BCUT2D eigenvalue weighted by Gasteiger charge is -2.05. The van der Waals surface area contributed by atoms with Crippen LogP contribution in [0.2, 0.25) is 0 Å². The number of primary amides is 1. The lowest BCUT2D eigenvalue weighted by molar-refractivity contribution is -0.115. The summed E-state index contributed by atoms with van der Waals surface area (Å²) in [5, 5.41) is 1.19. The molecular formula is C11H13N3O2S2. The first-order valence-corrected chi connectivity index (χ1v) is 7.10. The average Bonchev–Trinajstić information content (AvgIpc) is 2.58. The molecule has 0 bridgehead atoms. The Balaban J connectivity index is 2.61. The molecule has 2 heterocycles. The molecule has 18 heavy (non-hydrogen) atoms. The van der Waals surface area contributed by atoms with E-state index in [2.05, 4.69) is 4.98 Å². The monoisotopic (exact) mass is 283 g/mol. The van der Waals surface area contributed by atoms with Crippen molar-refractivity contribution in [3.05, 3.63) is 20.8 Å². The van der Waals surface area contributed by atoms with Crippen LogP contribution in [0.15, 0.2) is 9.95 Å². The molecule has 0 unspecified atom stereocenters. The number of carbonyl (C=O) groups excluding carboxylic acids is 1. The van der Waals surface area contributed by atoms with Gasteiger partial charge in [-0.2, -0.15) is 0 Å². The van der Waals surface area contributed by atoms with Gasteiger partial charge in [0.15, 0.2) is 5.16 Å². The Kier molecular flexibility index (Phi) is 3.45. The van der Waals surface area contributed by atoms with Gasteiger partial charge < -0.3 is 5.73 Å². The highest BCUT2D eigenvalue weighted by molar-refractivity contribution is 7.99. The van der Waals surface area contributed by atoms with Gasteiger partial charge in [0.25, 0.3) is 5.56 Å². The van der Waals surface area contributed by atoms with Crippen LogP contribution in [0.1, 0.15) is 10.4 Å². The van der Waals surface area contributed by atoms with Gasteiger partial charge >= 0.3 is 0 Å². The molecule has 0 spiro atoms. The predicted octanol–water partition coefficient (Wildman–Crippen LogP) is 1.19. The molecule has 0 fully saturated rings. The van der Waals surface area contributed by atoms with E-state index in [1.165, 1.54) is 27.7 Å². The fraction of sp³-hybridized carbons (Fsp3) is 0.364. The summed E-state index contributed by atoms with van der Waals surface area (Å²) in [5.74, 6) is -0.303. The van der Waals surface area contributed by atoms with E-state index in [1.807, 2.05) is 13.8 Å². The SMILES string of the molecule is Cc1sc2nc(SCC(N)=O)n(C)c(=O)c2c1C. The molecule has 2 N–H and O–H groups in total. The number of hydrogen-bond donors (Lipinski definition) is 1. The van der Waals surface area contributed by atoms with Crippen molar-refractivity contribution in [1.82, 2.24) is 9.55 Å². The van der Waals surface area contributed by atoms with Crippen molar-refractivity contribution in [2.75, 3.05) is 5.75 Å². The molecule has 2 aromatic heterocycles. The van der Waals surface area contributed by atoms with Gasteiger partial charge in [-0.25, -0.2) is 4.98 Å². The molecule has 0 aliphatic carbocycles. The number of thioether (sulfide) groups is 1. The first-order valence-electron chi connectivity index (χ1n) is 5.29. The summed E-state index contributed by atoms with van der Waals surface area (Å²) in [4.78, 5) is 29.2. The summed E-state index contributed by atoms with van der Waals surface area (Å²) in [6, 6.07) is 0. The molecule has 0 radical (unpaired) electrons. The largest absolute Gasteiger partial charge is 0.369 e. The smallest absolute Gasteiger partial charge is 0.262 e. The maximum atomic E-state index is 12.2. The average molecular weight is 283 g/mol. The van der Waals surface area contributed by atoms with Crippen molar-refractivity contribution in [3.8, 4) is 0 Å². The van der Waals surface area contributed by atoms with Crippen LogP contribution >= 0.6 is 23.1 Å². The summed E-state index contributed by atoms with van der Waals surface area (Å²) in [5.41, 5.74) is 6.00. The Morgan fingerprint density at radius 2 is 2.17 bits per heavy atom. The van der Waals surface area contributed by atoms with Crippen LogP contribution < -0.4 is 11.3 Å². The van der Waals surface area contributed by atoms with E-state index in [9.17, 15) is 9.59 Å². The zero-order valence-electron chi connectivity index (χ0n) is 10.3. The third-order valence-electron chi connectivity index (χ3n) is 2.71. The van der Waals surface area contributed by atoms with Crippen LogP contribution in [0.25, 0.3) is 10.2 Å². The molecule has 2 rings (SSSR count). The Hall–Kier alpha value is -1.34. The van der Waals surface area contributed by atoms with Gasteiger partial charge in [-0.1, -0.05) is 11.8 Å². The summed E-state index contributed by atoms with van der Waals surface area (Å²) >= 11 is 2.68. The predicted molar refractivity (Wildman–Crippen MR) is 74.3 cm³/mol. The topological polar surface area (TPSA) is 78.0 Å². The lowest BCUT2D eigenvalue weighted by atomic mass is 10.2. The van der Waals surface area contributed by atoms with Gasteiger partial charge in [-0.15, -0.1) is 11.3 Å². The number of nitrogens with two attached hydrogens (primary N) is 1. The minimum absolute atomic E-state index is 0.0752. The molecule has 0 aromatic carbocycles. The van der Waals surface area contributed by atoms with Crippen LogP contribution in [0, 0.1) is 13.8 Å².